The van der Waals surface area contributed by atoms with E-state index in [0.717, 1.165) is 11.1 Å². The summed E-state index contributed by atoms with van der Waals surface area (Å²) in [5.74, 6) is -0.168. The molecule has 0 aliphatic carbocycles. The van der Waals surface area contributed by atoms with Crippen LogP contribution in [0, 0.1) is 5.41 Å². The van der Waals surface area contributed by atoms with Crippen LogP contribution in [0.4, 0.5) is 5.69 Å². The lowest BCUT2D eigenvalue weighted by Crippen LogP contribution is -2.55. The van der Waals surface area contributed by atoms with Gasteiger partial charge in [0.2, 0.25) is 5.91 Å². The highest BCUT2D eigenvalue weighted by atomic mass is 35.5. The summed E-state index contributed by atoms with van der Waals surface area (Å²) in [6.07, 6.45) is 0.394. The summed E-state index contributed by atoms with van der Waals surface area (Å²) in [4.78, 5) is 15.1. The molecule has 0 radical (unpaired) electrons. The normalized spacial score (nSPS) is 19.3. The number of aliphatic hydroxyl groups excluding tert-OH is 1. The zero-order valence-electron chi connectivity index (χ0n) is 15.7. The van der Waals surface area contributed by atoms with E-state index in [4.69, 9.17) is 23.2 Å². The average Bonchev–Trinajstić information content (AvgIpc) is 2.83. The van der Waals surface area contributed by atoms with Crippen molar-refractivity contribution in [1.29, 1.82) is 0 Å². The summed E-state index contributed by atoms with van der Waals surface area (Å²) < 4.78 is 0. The molecule has 1 aliphatic rings. The van der Waals surface area contributed by atoms with Crippen molar-refractivity contribution in [1.82, 2.24) is 4.90 Å². The molecule has 2 aromatic rings. The molecule has 0 bridgehead atoms. The molecular weight excluding hydrogens is 383 g/mol. The second-order valence-corrected chi connectivity index (χ2v) is 9.08. The van der Waals surface area contributed by atoms with Crippen molar-refractivity contribution in [2.24, 2.45) is 5.41 Å². The zero-order chi connectivity index (χ0) is 19.8. The minimum absolute atomic E-state index is 0.112. The van der Waals surface area contributed by atoms with Gasteiger partial charge in [-0.2, -0.15) is 0 Å². The van der Waals surface area contributed by atoms with Gasteiger partial charge in [-0.1, -0.05) is 62.2 Å². The van der Waals surface area contributed by atoms with Crippen molar-refractivity contribution in [3.63, 3.8) is 0 Å². The standard InChI is InChI=1S/C21H24Cl2N2O2/c1-20(2,3)12-25(13-26)21(11-14-5-4-6-15(22)9-14)17-8-7-16(23)10-18(17)24-19(21)27/h4-10,26H,11-13H2,1-3H3,(H,24,27). The van der Waals surface area contributed by atoms with Gasteiger partial charge in [-0.3, -0.25) is 9.69 Å². The molecule has 1 amide bonds. The number of anilines is 1. The number of nitrogens with one attached hydrogen (secondary N) is 1. The number of nitrogens with zero attached hydrogens (tertiary/aromatic N) is 1. The number of amides is 1. The van der Waals surface area contributed by atoms with E-state index in [1.807, 2.05) is 29.2 Å². The second-order valence-electron chi connectivity index (χ2n) is 8.21. The van der Waals surface area contributed by atoms with Crippen LogP contribution in [0.25, 0.3) is 0 Å². The van der Waals surface area contributed by atoms with Gasteiger partial charge < -0.3 is 10.4 Å². The Morgan fingerprint density at radius 2 is 1.81 bits per heavy atom. The molecule has 1 atom stereocenters. The van der Waals surface area contributed by atoms with Crippen LogP contribution in [0.5, 0.6) is 0 Å². The van der Waals surface area contributed by atoms with Gasteiger partial charge in [0, 0.05) is 34.3 Å². The number of hydrogen-bond donors (Lipinski definition) is 2. The minimum Gasteiger partial charge on any atom is -0.381 e. The summed E-state index contributed by atoms with van der Waals surface area (Å²) in [6, 6.07) is 12.9. The Bertz CT molecular complexity index is 864. The third kappa shape index (κ3) is 3.99. The Balaban J connectivity index is 2.16. The van der Waals surface area contributed by atoms with Crippen molar-refractivity contribution in [3.05, 3.63) is 63.6 Å². The lowest BCUT2D eigenvalue weighted by atomic mass is 9.81. The van der Waals surface area contributed by atoms with Gasteiger partial charge in [0.15, 0.2) is 0 Å². The van der Waals surface area contributed by atoms with Crippen LogP contribution in [-0.2, 0) is 16.8 Å². The molecular formula is C21H24Cl2N2O2. The fourth-order valence-electron chi connectivity index (χ4n) is 3.75. The fourth-order valence-corrected chi connectivity index (χ4v) is 4.14. The van der Waals surface area contributed by atoms with Gasteiger partial charge in [-0.15, -0.1) is 0 Å². The molecule has 0 aromatic heterocycles. The fraction of sp³-hybridized carbons (Fsp3) is 0.381. The lowest BCUT2D eigenvalue weighted by Gasteiger charge is -2.41. The van der Waals surface area contributed by atoms with Crippen LogP contribution in [0.15, 0.2) is 42.5 Å². The number of halogens is 2. The first-order valence-electron chi connectivity index (χ1n) is 8.87. The van der Waals surface area contributed by atoms with Crippen LogP contribution in [0.3, 0.4) is 0 Å². The van der Waals surface area contributed by atoms with E-state index in [-0.39, 0.29) is 18.1 Å². The van der Waals surface area contributed by atoms with Gasteiger partial charge in [0.25, 0.3) is 0 Å². The van der Waals surface area contributed by atoms with Gasteiger partial charge in [-0.25, -0.2) is 0 Å². The first kappa shape index (κ1) is 20.2. The van der Waals surface area contributed by atoms with E-state index >= 15 is 0 Å². The highest BCUT2D eigenvalue weighted by Crippen LogP contribution is 2.44. The van der Waals surface area contributed by atoms with E-state index in [9.17, 15) is 9.90 Å². The highest BCUT2D eigenvalue weighted by molar-refractivity contribution is 6.31. The molecule has 1 heterocycles. The SMILES string of the molecule is CC(C)(C)CN(CO)C1(Cc2cccc(Cl)c2)C(=O)Nc2cc(Cl)ccc21. The molecule has 0 saturated heterocycles. The molecule has 0 spiro atoms. The predicted octanol–water partition coefficient (Wildman–Crippen LogP) is 4.68. The highest BCUT2D eigenvalue weighted by Gasteiger charge is 2.51. The van der Waals surface area contributed by atoms with Crippen molar-refractivity contribution in [2.75, 3.05) is 18.6 Å². The van der Waals surface area contributed by atoms with Gasteiger partial charge in [0.05, 0.1) is 6.73 Å². The number of benzene rings is 2. The van der Waals surface area contributed by atoms with E-state index in [1.165, 1.54) is 0 Å². The number of aliphatic hydroxyl groups is 1. The maximum absolute atomic E-state index is 13.3. The van der Waals surface area contributed by atoms with Crippen LogP contribution < -0.4 is 5.32 Å². The zero-order valence-corrected chi connectivity index (χ0v) is 17.2. The van der Waals surface area contributed by atoms with Crippen molar-refractivity contribution in [3.8, 4) is 0 Å². The largest absolute Gasteiger partial charge is 0.381 e. The second kappa shape index (κ2) is 7.44. The molecule has 27 heavy (non-hydrogen) atoms. The summed E-state index contributed by atoms with van der Waals surface area (Å²) in [6.45, 7) is 6.54. The first-order chi connectivity index (χ1) is 12.7. The minimum atomic E-state index is -1.04. The van der Waals surface area contributed by atoms with E-state index in [0.29, 0.717) is 28.7 Å². The smallest absolute Gasteiger partial charge is 0.250 e. The Morgan fingerprint density at radius 3 is 2.44 bits per heavy atom. The molecule has 2 N–H and O–H groups in total. The van der Waals surface area contributed by atoms with Crippen LogP contribution in [-0.4, -0.2) is 29.2 Å². The molecule has 6 heteroatoms. The van der Waals surface area contributed by atoms with Crippen molar-refractivity contribution in [2.45, 2.75) is 32.7 Å². The molecule has 144 valence electrons. The Labute approximate surface area is 170 Å². The number of hydrogen-bond acceptors (Lipinski definition) is 3. The maximum Gasteiger partial charge on any atom is 0.250 e. The van der Waals surface area contributed by atoms with Crippen LogP contribution in [0.1, 0.15) is 31.9 Å². The van der Waals surface area contributed by atoms with Crippen LogP contribution >= 0.6 is 23.2 Å². The summed E-state index contributed by atoms with van der Waals surface area (Å²) in [5.41, 5.74) is 1.27. The van der Waals surface area contributed by atoms with Crippen LogP contribution in [0.2, 0.25) is 10.0 Å². The van der Waals surface area contributed by atoms with Crippen molar-refractivity contribution >= 4 is 34.8 Å². The molecule has 0 fully saturated rings. The summed E-state index contributed by atoms with van der Waals surface area (Å²) in [7, 11) is 0. The molecule has 4 nitrogen and oxygen atoms in total. The van der Waals surface area contributed by atoms with E-state index in [1.54, 1.807) is 18.2 Å². The quantitative estimate of drug-likeness (QED) is 0.708. The lowest BCUT2D eigenvalue weighted by molar-refractivity contribution is -0.132. The number of fused-ring (bicyclic) bond motifs is 1. The van der Waals surface area contributed by atoms with E-state index in [2.05, 4.69) is 26.1 Å². The number of carbonyl (C=O) groups excluding carboxylic acids is 1. The average molecular weight is 407 g/mol. The number of rotatable bonds is 5. The first-order valence-corrected chi connectivity index (χ1v) is 9.63. The molecule has 1 aliphatic heterocycles. The van der Waals surface area contributed by atoms with Gasteiger partial charge in [0.1, 0.15) is 5.54 Å². The molecule has 1 unspecified atom stereocenters. The molecule has 2 aromatic carbocycles. The van der Waals surface area contributed by atoms with Gasteiger partial charge in [-0.05, 0) is 35.2 Å². The van der Waals surface area contributed by atoms with E-state index < -0.39 is 5.54 Å². The molecule has 0 saturated carbocycles. The third-order valence-electron chi connectivity index (χ3n) is 4.78. The summed E-state index contributed by atoms with van der Waals surface area (Å²) in [5, 5.41) is 14.4. The Morgan fingerprint density at radius 1 is 1.11 bits per heavy atom. The maximum atomic E-state index is 13.3. The monoisotopic (exact) mass is 406 g/mol. The van der Waals surface area contributed by atoms with Crippen molar-refractivity contribution < 1.29 is 9.90 Å². The predicted molar refractivity (Wildman–Crippen MR) is 110 cm³/mol. The summed E-state index contributed by atoms with van der Waals surface area (Å²) >= 11 is 12.3. The van der Waals surface area contributed by atoms with Gasteiger partial charge >= 0.3 is 0 Å². The topological polar surface area (TPSA) is 52.6 Å². The number of carbonyl (C=O) groups is 1. The Kier molecular flexibility index (Phi) is 5.55. The Hall–Kier alpha value is -1.59. The third-order valence-corrected chi connectivity index (χ3v) is 5.25. The molecule has 3 rings (SSSR count).